The van der Waals surface area contributed by atoms with Crippen molar-refractivity contribution >= 4 is 17.7 Å². The molecule has 0 saturated carbocycles. The molecule has 144 valence electrons. The molecule has 0 spiro atoms. The van der Waals surface area contributed by atoms with Crippen molar-refractivity contribution < 1.29 is 24.5 Å². The Bertz CT molecular complexity index is 820. The summed E-state index contributed by atoms with van der Waals surface area (Å²) >= 11 is 0. The number of para-hydroxylation sites is 1. The zero-order valence-corrected chi connectivity index (χ0v) is 15.1. The van der Waals surface area contributed by atoms with E-state index in [2.05, 4.69) is 11.2 Å². The summed E-state index contributed by atoms with van der Waals surface area (Å²) < 4.78 is 5.95. The maximum absolute atomic E-state index is 9.55. The molecule has 0 amide bonds. The van der Waals surface area contributed by atoms with Gasteiger partial charge in [-0.05, 0) is 18.2 Å². The van der Waals surface area contributed by atoms with E-state index in [0.717, 1.165) is 17.1 Å². The highest BCUT2D eigenvalue weighted by Gasteiger charge is 2.03. The Hall–Kier alpha value is -3.82. The molecular formula is C22H21NO5. The Labute approximate surface area is 163 Å². The van der Waals surface area contributed by atoms with Crippen LogP contribution < -0.4 is 10.1 Å². The molecule has 0 aliphatic rings. The van der Waals surface area contributed by atoms with Gasteiger partial charge in [0.1, 0.15) is 11.5 Å². The summed E-state index contributed by atoms with van der Waals surface area (Å²) in [6.45, 7) is 1.21. The number of benzene rings is 2. The predicted molar refractivity (Wildman–Crippen MR) is 108 cm³/mol. The smallest absolute Gasteiger partial charge is 0.328 e. The summed E-state index contributed by atoms with van der Waals surface area (Å²) in [4.78, 5) is 19.1. The number of terminal acetylenes is 1. The first-order valence-electron chi connectivity index (χ1n) is 8.29. The van der Waals surface area contributed by atoms with Gasteiger partial charge in [0.05, 0.1) is 6.54 Å². The van der Waals surface area contributed by atoms with Gasteiger partial charge in [0.2, 0.25) is 0 Å². The SMILES string of the molecule is C#CCNCC=C(Oc1ccccc1)c1ccccc1.O=C(O)C=CC(=O)O. The zero-order chi connectivity index (χ0) is 20.6. The number of rotatable bonds is 8. The van der Waals surface area contributed by atoms with E-state index >= 15 is 0 Å². The summed E-state index contributed by atoms with van der Waals surface area (Å²) in [5.41, 5.74) is 1.04. The lowest BCUT2D eigenvalue weighted by Crippen LogP contribution is -2.14. The standard InChI is InChI=1S/C18H17NO.C4H4O4/c1-2-14-19-15-13-18(16-9-5-3-6-10-16)20-17-11-7-4-8-12-17;5-3(6)1-2-4(7)8/h1,3-13,19H,14-15H2;1-2H,(H,5,6)(H,7,8). The number of hydrogen-bond acceptors (Lipinski definition) is 4. The van der Waals surface area contributed by atoms with Crippen molar-refractivity contribution in [3.8, 4) is 18.1 Å². The molecule has 0 aliphatic heterocycles. The van der Waals surface area contributed by atoms with Gasteiger partial charge in [0.25, 0.3) is 0 Å². The summed E-state index contributed by atoms with van der Waals surface area (Å²) in [6.07, 6.45) is 8.33. The lowest BCUT2D eigenvalue weighted by atomic mass is 10.2. The van der Waals surface area contributed by atoms with Gasteiger partial charge in [-0.25, -0.2) is 9.59 Å². The number of nitrogens with one attached hydrogen (secondary N) is 1. The van der Waals surface area contributed by atoms with Crippen LogP contribution in [0.3, 0.4) is 0 Å². The van der Waals surface area contributed by atoms with E-state index in [1.165, 1.54) is 0 Å². The molecule has 0 aliphatic carbocycles. The van der Waals surface area contributed by atoms with Crippen molar-refractivity contribution in [1.29, 1.82) is 0 Å². The average Bonchev–Trinajstić information content (AvgIpc) is 2.71. The Morgan fingerprint density at radius 2 is 1.50 bits per heavy atom. The molecule has 6 nitrogen and oxygen atoms in total. The summed E-state index contributed by atoms with van der Waals surface area (Å²) in [5, 5.41) is 18.8. The number of ether oxygens (including phenoxy) is 1. The van der Waals surface area contributed by atoms with Gasteiger partial charge in [-0.1, -0.05) is 54.5 Å². The molecule has 0 radical (unpaired) electrons. The predicted octanol–water partition coefficient (Wildman–Crippen LogP) is 3.04. The molecule has 0 heterocycles. The third kappa shape index (κ3) is 10.2. The van der Waals surface area contributed by atoms with Crippen molar-refractivity contribution in [1.82, 2.24) is 5.32 Å². The fraction of sp³-hybridized carbons (Fsp3) is 0.0909. The number of carboxylic acid groups (broad SMARTS) is 2. The Morgan fingerprint density at radius 1 is 0.964 bits per heavy atom. The van der Waals surface area contributed by atoms with Gasteiger partial charge < -0.3 is 20.3 Å². The van der Waals surface area contributed by atoms with E-state index in [1.54, 1.807) is 0 Å². The minimum absolute atomic E-state index is 0.546. The van der Waals surface area contributed by atoms with Gasteiger partial charge >= 0.3 is 11.9 Å². The lowest BCUT2D eigenvalue weighted by molar-refractivity contribution is -0.134. The monoisotopic (exact) mass is 379 g/mol. The topological polar surface area (TPSA) is 95.9 Å². The molecule has 0 fully saturated rings. The van der Waals surface area contributed by atoms with Crippen LogP contribution in [0.1, 0.15) is 5.56 Å². The van der Waals surface area contributed by atoms with E-state index in [-0.39, 0.29) is 0 Å². The van der Waals surface area contributed by atoms with E-state index in [9.17, 15) is 9.59 Å². The van der Waals surface area contributed by atoms with Crippen LogP contribution in [0.15, 0.2) is 78.9 Å². The minimum atomic E-state index is -1.26. The van der Waals surface area contributed by atoms with Gasteiger partial charge in [0.15, 0.2) is 0 Å². The largest absolute Gasteiger partial charge is 0.478 e. The van der Waals surface area contributed by atoms with E-state index in [0.29, 0.717) is 25.2 Å². The van der Waals surface area contributed by atoms with Crippen molar-refractivity contribution in [2.75, 3.05) is 13.1 Å². The molecule has 0 atom stereocenters. The molecule has 3 N–H and O–H groups in total. The van der Waals surface area contributed by atoms with E-state index in [1.807, 2.05) is 66.7 Å². The van der Waals surface area contributed by atoms with Crippen LogP contribution in [-0.2, 0) is 9.59 Å². The zero-order valence-electron chi connectivity index (χ0n) is 15.1. The molecule has 28 heavy (non-hydrogen) atoms. The molecule has 2 aromatic rings. The van der Waals surface area contributed by atoms with Crippen LogP contribution in [-0.4, -0.2) is 35.2 Å². The van der Waals surface area contributed by atoms with Crippen LogP contribution in [0, 0.1) is 12.3 Å². The normalized spacial score (nSPS) is 10.5. The molecular weight excluding hydrogens is 358 g/mol. The summed E-state index contributed by atoms with van der Waals surface area (Å²) in [5.74, 6) is 1.68. The molecule has 0 saturated heterocycles. The fourth-order valence-corrected chi connectivity index (χ4v) is 1.89. The lowest BCUT2D eigenvalue weighted by Gasteiger charge is -2.10. The maximum Gasteiger partial charge on any atom is 0.328 e. The second-order valence-electron chi connectivity index (χ2n) is 5.19. The second-order valence-corrected chi connectivity index (χ2v) is 5.19. The third-order valence-corrected chi connectivity index (χ3v) is 3.06. The van der Waals surface area contributed by atoms with E-state index < -0.39 is 11.9 Å². The summed E-state index contributed by atoms with van der Waals surface area (Å²) in [6, 6.07) is 19.8. The first-order valence-corrected chi connectivity index (χ1v) is 8.29. The van der Waals surface area contributed by atoms with Crippen molar-refractivity contribution in [3.63, 3.8) is 0 Å². The number of aliphatic carboxylic acids is 2. The molecule has 0 unspecified atom stereocenters. The Balaban J connectivity index is 0.000000416. The van der Waals surface area contributed by atoms with Gasteiger partial charge in [-0.3, -0.25) is 0 Å². The van der Waals surface area contributed by atoms with E-state index in [4.69, 9.17) is 21.4 Å². The highest BCUT2D eigenvalue weighted by Crippen LogP contribution is 2.20. The molecule has 0 aromatic heterocycles. The third-order valence-electron chi connectivity index (χ3n) is 3.06. The van der Waals surface area contributed by atoms with Crippen molar-refractivity contribution in [3.05, 3.63) is 84.5 Å². The van der Waals surface area contributed by atoms with Crippen LogP contribution >= 0.6 is 0 Å². The highest BCUT2D eigenvalue weighted by atomic mass is 16.5. The number of hydrogen-bond donors (Lipinski definition) is 3. The Morgan fingerprint density at radius 3 is 2.00 bits per heavy atom. The molecule has 2 aromatic carbocycles. The Kier molecular flexibility index (Phi) is 10.6. The average molecular weight is 379 g/mol. The summed E-state index contributed by atoms with van der Waals surface area (Å²) in [7, 11) is 0. The van der Waals surface area contributed by atoms with Gasteiger partial charge in [-0.2, -0.15) is 0 Å². The fourth-order valence-electron chi connectivity index (χ4n) is 1.89. The van der Waals surface area contributed by atoms with Gasteiger partial charge in [-0.15, -0.1) is 6.42 Å². The quantitative estimate of drug-likeness (QED) is 0.282. The minimum Gasteiger partial charge on any atom is -0.478 e. The van der Waals surface area contributed by atoms with Crippen LogP contribution in [0.25, 0.3) is 5.76 Å². The first-order chi connectivity index (χ1) is 13.5. The van der Waals surface area contributed by atoms with Crippen LogP contribution in [0.5, 0.6) is 5.75 Å². The number of carboxylic acids is 2. The van der Waals surface area contributed by atoms with Crippen LogP contribution in [0.2, 0.25) is 0 Å². The van der Waals surface area contributed by atoms with Crippen LogP contribution in [0.4, 0.5) is 0 Å². The highest BCUT2D eigenvalue weighted by molar-refractivity contribution is 5.89. The van der Waals surface area contributed by atoms with Crippen molar-refractivity contribution in [2.24, 2.45) is 0 Å². The van der Waals surface area contributed by atoms with Gasteiger partial charge in [0, 0.05) is 24.3 Å². The molecule has 6 heteroatoms. The second kappa shape index (κ2) is 13.4. The molecule has 2 rings (SSSR count). The maximum atomic E-state index is 9.55. The number of carbonyl (C=O) groups is 2. The first kappa shape index (κ1) is 22.2. The molecule has 0 bridgehead atoms. The van der Waals surface area contributed by atoms with Crippen molar-refractivity contribution in [2.45, 2.75) is 0 Å².